The monoisotopic (exact) mass is 520 g/mol. The summed E-state index contributed by atoms with van der Waals surface area (Å²) in [5, 5.41) is 12.6. The maximum atomic E-state index is 13.2. The summed E-state index contributed by atoms with van der Waals surface area (Å²) in [6.07, 6.45) is 3.32. The van der Waals surface area contributed by atoms with E-state index >= 15 is 0 Å². The second-order valence-electron chi connectivity index (χ2n) is 10.3. The van der Waals surface area contributed by atoms with Gasteiger partial charge in [-0.05, 0) is 76.3 Å². The molecule has 4 N–H and O–H groups in total. The lowest BCUT2D eigenvalue weighted by atomic mass is 9.96. The van der Waals surface area contributed by atoms with Crippen LogP contribution in [0.3, 0.4) is 0 Å². The molecule has 0 unspecified atom stereocenters. The summed E-state index contributed by atoms with van der Waals surface area (Å²) in [4.78, 5) is 44.5. The smallest absolute Gasteiger partial charge is 0.451 e. The molecule has 0 aliphatic heterocycles. The number of aryl methyl sites for hydroxylation is 3. The highest BCUT2D eigenvalue weighted by atomic mass is 32.1. The van der Waals surface area contributed by atoms with Gasteiger partial charge in [-0.25, -0.2) is 19.0 Å². The molecule has 0 radical (unpaired) electrons. The Morgan fingerprint density at radius 3 is 2.49 bits per heavy atom. The minimum absolute atomic E-state index is 0.102. The topological polar surface area (TPSA) is 117 Å². The van der Waals surface area contributed by atoms with Crippen molar-refractivity contribution in [3.8, 4) is 0 Å². The summed E-state index contributed by atoms with van der Waals surface area (Å²) in [5.74, 6) is -0.907. The molecule has 37 heavy (non-hydrogen) atoms. The molecule has 0 saturated carbocycles. The Bertz CT molecular complexity index is 1530. The highest BCUT2D eigenvalue weighted by Gasteiger charge is 2.30. The number of pyridine rings is 1. The van der Waals surface area contributed by atoms with E-state index in [1.165, 1.54) is 11.3 Å². The molecule has 3 aromatic heterocycles. The molecular weight excluding hydrogens is 488 g/mol. The molecule has 0 bridgehead atoms. The lowest BCUT2D eigenvalue weighted by molar-refractivity contribution is -0.716. The minimum atomic E-state index is -0.920. The first kappa shape index (κ1) is 26.2. The number of aromatic amines is 2. The zero-order valence-corrected chi connectivity index (χ0v) is 22.5. The zero-order chi connectivity index (χ0) is 26.9. The molecule has 4 rings (SSSR count). The quantitative estimate of drug-likeness (QED) is 0.318. The number of carboxylic acids is 1. The van der Waals surface area contributed by atoms with Gasteiger partial charge in [-0.2, -0.15) is 15.3 Å². The molecule has 9 heteroatoms. The van der Waals surface area contributed by atoms with Crippen LogP contribution in [-0.2, 0) is 17.6 Å². The van der Waals surface area contributed by atoms with Crippen molar-refractivity contribution in [2.75, 3.05) is 5.32 Å². The predicted octanol–water partition coefficient (Wildman–Crippen LogP) is 4.08. The Morgan fingerprint density at radius 1 is 1.16 bits per heavy atom. The lowest BCUT2D eigenvalue weighted by Gasteiger charge is -2.15. The molecule has 0 aliphatic carbocycles. The van der Waals surface area contributed by atoms with E-state index in [1.807, 2.05) is 54.1 Å². The van der Waals surface area contributed by atoms with E-state index < -0.39 is 11.4 Å². The van der Waals surface area contributed by atoms with Crippen LogP contribution in [0.5, 0.6) is 0 Å². The number of hydrogen-bond donors (Lipinski definition) is 3. The van der Waals surface area contributed by atoms with Gasteiger partial charge in [-0.1, -0.05) is 30.3 Å². The molecule has 4 aromatic rings. The number of carbonyl (C=O) groups excluding carboxylic acids is 1. The van der Waals surface area contributed by atoms with Crippen LogP contribution in [0.2, 0.25) is 0 Å². The molecule has 1 aromatic carbocycles. The standard InChI is InChI=1S/C28H30N4O4S/c1-16-13-22(25(34)35)37-21(16)12-11-18-14-20-23(32(15-18)17(2)19-9-7-6-8-10-19)29-27(30-24(20)33)31-26(36)28(3,4)5/h6-10,13-15,17H,11-12H2,1-5H3,(H2,30,31,33,34,35,36)/p+2/t17-/m1/s1. The van der Waals surface area contributed by atoms with Crippen LogP contribution in [0.25, 0.3) is 11.0 Å². The molecule has 192 valence electrons. The van der Waals surface area contributed by atoms with Crippen molar-refractivity contribution in [1.29, 1.82) is 0 Å². The number of anilines is 1. The van der Waals surface area contributed by atoms with Gasteiger partial charge in [0.25, 0.3) is 0 Å². The number of aromatic nitrogens is 3. The fourth-order valence-corrected chi connectivity index (χ4v) is 5.15. The van der Waals surface area contributed by atoms with Crippen LogP contribution in [0.1, 0.15) is 65.0 Å². The number of fused-ring (bicyclic) bond motifs is 1. The van der Waals surface area contributed by atoms with Gasteiger partial charge in [0.05, 0.1) is 11.6 Å². The molecule has 0 fully saturated rings. The van der Waals surface area contributed by atoms with Gasteiger partial charge in [0.1, 0.15) is 10.9 Å². The Morgan fingerprint density at radius 2 is 1.86 bits per heavy atom. The maximum Gasteiger partial charge on any atom is 0.451 e. The number of H-pyrrole nitrogens is 2. The van der Waals surface area contributed by atoms with Gasteiger partial charge < -0.3 is 5.11 Å². The number of hydrogen-bond acceptors (Lipinski definition) is 4. The van der Waals surface area contributed by atoms with Crippen molar-refractivity contribution >= 4 is 40.2 Å². The molecule has 1 atom stereocenters. The average molecular weight is 521 g/mol. The number of carboxylic acid groups (broad SMARTS) is 1. The van der Waals surface area contributed by atoms with Gasteiger partial charge >= 0.3 is 29.0 Å². The predicted molar refractivity (Wildman–Crippen MR) is 143 cm³/mol. The summed E-state index contributed by atoms with van der Waals surface area (Å²) in [5.41, 5.74) is 2.63. The highest BCUT2D eigenvalue weighted by Crippen LogP contribution is 2.24. The molecule has 8 nitrogen and oxygen atoms in total. The van der Waals surface area contributed by atoms with E-state index in [2.05, 4.69) is 22.2 Å². The van der Waals surface area contributed by atoms with Crippen LogP contribution >= 0.6 is 11.3 Å². The third kappa shape index (κ3) is 5.77. The summed E-state index contributed by atoms with van der Waals surface area (Å²) in [6, 6.07) is 13.4. The van der Waals surface area contributed by atoms with Crippen molar-refractivity contribution in [2.45, 2.75) is 53.5 Å². The van der Waals surface area contributed by atoms with Gasteiger partial charge in [-0.3, -0.25) is 0 Å². The fraction of sp³-hybridized carbons (Fsp3) is 0.321. The van der Waals surface area contributed by atoms with Crippen molar-refractivity contribution in [3.05, 3.63) is 85.5 Å². The summed E-state index contributed by atoms with van der Waals surface area (Å²) >= 11 is 1.29. The van der Waals surface area contributed by atoms with E-state index in [-0.39, 0.29) is 23.5 Å². The minimum Gasteiger partial charge on any atom is -0.477 e. The van der Waals surface area contributed by atoms with Crippen molar-refractivity contribution < 1.29 is 24.2 Å². The van der Waals surface area contributed by atoms with Gasteiger partial charge in [-0.15, -0.1) is 11.3 Å². The number of aromatic carboxylic acids is 1. The third-order valence-corrected chi connectivity index (χ3v) is 7.65. The Balaban J connectivity index is 1.78. The van der Waals surface area contributed by atoms with Crippen molar-refractivity contribution in [2.24, 2.45) is 5.41 Å². The van der Waals surface area contributed by atoms with Crippen LogP contribution in [0.15, 0.2) is 53.5 Å². The zero-order valence-electron chi connectivity index (χ0n) is 21.6. The normalized spacial score (nSPS) is 12.5. The Labute approximate surface area is 219 Å². The van der Waals surface area contributed by atoms with Crippen molar-refractivity contribution in [1.82, 2.24) is 4.98 Å². The first-order valence-electron chi connectivity index (χ1n) is 12.2. The Hall–Kier alpha value is -3.85. The van der Waals surface area contributed by atoms with Gasteiger partial charge in [0, 0.05) is 4.88 Å². The summed E-state index contributed by atoms with van der Waals surface area (Å²) in [6.45, 7) is 9.40. The second kappa shape index (κ2) is 10.3. The SMILES string of the molecule is Cc1cc(C(=O)O)sc1CCc1cc2c(=O)[nH]c(NC(=O)C(C)(C)C)[nH+]c2[n+]([C@H](C)c2ccccc2)c1. The van der Waals surface area contributed by atoms with Crippen LogP contribution in [0, 0.1) is 12.3 Å². The first-order valence-corrected chi connectivity index (χ1v) is 13.0. The van der Waals surface area contributed by atoms with Crippen LogP contribution in [0.4, 0.5) is 5.95 Å². The molecular formula is C28H32N4O4S+2. The third-order valence-electron chi connectivity index (χ3n) is 6.37. The number of benzene rings is 1. The van der Waals surface area contributed by atoms with Gasteiger partial charge in [0.15, 0.2) is 5.39 Å². The van der Waals surface area contributed by atoms with E-state index in [9.17, 15) is 19.5 Å². The molecule has 0 saturated heterocycles. The second-order valence-corrected chi connectivity index (χ2v) is 11.4. The fourth-order valence-electron chi connectivity index (χ4n) is 4.14. The highest BCUT2D eigenvalue weighted by molar-refractivity contribution is 7.14. The average Bonchev–Trinajstić information content (AvgIpc) is 3.23. The number of carbonyl (C=O) groups is 2. The lowest BCUT2D eigenvalue weighted by Crippen LogP contribution is -2.45. The molecule has 3 heterocycles. The van der Waals surface area contributed by atoms with Crippen molar-refractivity contribution in [3.63, 3.8) is 0 Å². The summed E-state index contributed by atoms with van der Waals surface area (Å²) < 4.78 is 2.02. The van der Waals surface area contributed by atoms with Gasteiger partial charge in [0.2, 0.25) is 0 Å². The largest absolute Gasteiger partial charge is 0.477 e. The number of amides is 1. The molecule has 1 amide bonds. The molecule has 0 aliphatic rings. The first-order chi connectivity index (χ1) is 17.4. The number of thiophene rings is 1. The summed E-state index contributed by atoms with van der Waals surface area (Å²) in [7, 11) is 0. The van der Waals surface area contributed by atoms with E-state index in [1.54, 1.807) is 26.8 Å². The number of nitrogens with zero attached hydrogens (tertiary/aromatic N) is 1. The maximum absolute atomic E-state index is 13.2. The van der Waals surface area contributed by atoms with Crippen LogP contribution < -0.4 is 20.4 Å². The van der Waals surface area contributed by atoms with E-state index in [0.29, 0.717) is 28.8 Å². The Kier molecular flexibility index (Phi) is 7.27. The van der Waals surface area contributed by atoms with Crippen LogP contribution in [-0.4, -0.2) is 22.0 Å². The van der Waals surface area contributed by atoms with E-state index in [4.69, 9.17) is 0 Å². The van der Waals surface area contributed by atoms with E-state index in [0.717, 1.165) is 21.6 Å². The number of nitrogens with one attached hydrogen (secondary N) is 3. The molecule has 0 spiro atoms. The number of rotatable bonds is 7.